The van der Waals surface area contributed by atoms with Crippen molar-refractivity contribution in [3.63, 3.8) is 0 Å². The predicted molar refractivity (Wildman–Crippen MR) is 74.6 cm³/mol. The van der Waals surface area contributed by atoms with Gasteiger partial charge in [-0.15, -0.1) is 0 Å². The van der Waals surface area contributed by atoms with Gasteiger partial charge in [0, 0.05) is 16.9 Å². The number of allylic oxidation sites excluding steroid dienone is 1. The van der Waals surface area contributed by atoms with Crippen molar-refractivity contribution >= 4 is 17.7 Å². The van der Waals surface area contributed by atoms with E-state index in [1.807, 2.05) is 0 Å². The lowest BCUT2D eigenvalue weighted by Gasteiger charge is -2.28. The summed E-state index contributed by atoms with van der Waals surface area (Å²) in [6.45, 7) is 3.66. The summed E-state index contributed by atoms with van der Waals surface area (Å²) in [4.78, 5) is 23.7. The summed E-state index contributed by atoms with van der Waals surface area (Å²) in [5.74, 6) is -0.467. The SMILES string of the molecule is CCOC(=O)C1=C(C)NC(=O)NC1c1ccccc1N. The molecule has 1 unspecified atom stereocenters. The molecule has 1 aromatic carbocycles. The standard InChI is InChI=1S/C14H17N3O3/c1-3-20-13(18)11-8(2)16-14(19)17-12(11)9-6-4-5-7-10(9)15/h4-7,12H,3,15H2,1-2H3,(H2,16,17,19). The fraction of sp³-hybridized carbons (Fsp3) is 0.286. The lowest BCUT2D eigenvalue weighted by atomic mass is 9.94. The van der Waals surface area contributed by atoms with E-state index < -0.39 is 12.0 Å². The Kier molecular flexibility index (Phi) is 3.93. The number of nitrogens with one attached hydrogen (secondary N) is 2. The number of esters is 1. The molecule has 6 nitrogen and oxygen atoms in total. The third-order valence-corrected chi connectivity index (χ3v) is 3.07. The van der Waals surface area contributed by atoms with Crippen LogP contribution in [0.3, 0.4) is 0 Å². The summed E-state index contributed by atoms with van der Waals surface area (Å²) in [5.41, 5.74) is 7.95. The third kappa shape index (κ3) is 2.59. The van der Waals surface area contributed by atoms with Crippen molar-refractivity contribution in [2.45, 2.75) is 19.9 Å². The molecule has 0 spiro atoms. The van der Waals surface area contributed by atoms with Crippen LogP contribution in [0.4, 0.5) is 10.5 Å². The molecule has 1 aromatic rings. The van der Waals surface area contributed by atoms with Crippen molar-refractivity contribution in [1.29, 1.82) is 0 Å². The summed E-state index contributed by atoms with van der Waals surface area (Å²) in [5, 5.41) is 5.28. The van der Waals surface area contributed by atoms with E-state index in [0.29, 0.717) is 22.5 Å². The lowest BCUT2D eigenvalue weighted by Crippen LogP contribution is -2.45. The summed E-state index contributed by atoms with van der Waals surface area (Å²) in [6, 6.07) is 6.12. The van der Waals surface area contributed by atoms with E-state index in [1.54, 1.807) is 38.1 Å². The minimum atomic E-state index is -0.607. The molecule has 1 heterocycles. The first-order valence-electron chi connectivity index (χ1n) is 6.34. The van der Waals surface area contributed by atoms with Crippen LogP contribution < -0.4 is 16.4 Å². The highest BCUT2D eigenvalue weighted by Gasteiger charge is 2.32. The number of hydrogen-bond donors (Lipinski definition) is 3. The van der Waals surface area contributed by atoms with Crippen LogP contribution in [0.5, 0.6) is 0 Å². The molecule has 1 aliphatic heterocycles. The minimum absolute atomic E-state index is 0.264. The first-order chi connectivity index (χ1) is 9.54. The molecule has 20 heavy (non-hydrogen) atoms. The van der Waals surface area contributed by atoms with Crippen molar-refractivity contribution in [1.82, 2.24) is 10.6 Å². The van der Waals surface area contributed by atoms with Gasteiger partial charge in [-0.1, -0.05) is 18.2 Å². The van der Waals surface area contributed by atoms with Gasteiger partial charge in [0.1, 0.15) is 0 Å². The highest BCUT2D eigenvalue weighted by Crippen LogP contribution is 2.30. The number of benzene rings is 1. The van der Waals surface area contributed by atoms with Crippen LogP contribution in [0.15, 0.2) is 35.5 Å². The fourth-order valence-electron chi connectivity index (χ4n) is 2.18. The number of rotatable bonds is 3. The van der Waals surface area contributed by atoms with Gasteiger partial charge in [0.2, 0.25) is 0 Å². The van der Waals surface area contributed by atoms with Crippen molar-refractivity contribution in [3.05, 3.63) is 41.1 Å². The molecule has 0 saturated heterocycles. The Bertz CT molecular complexity index is 581. The zero-order chi connectivity index (χ0) is 14.7. The van der Waals surface area contributed by atoms with Gasteiger partial charge in [0.25, 0.3) is 0 Å². The predicted octanol–water partition coefficient (Wildman–Crippen LogP) is 1.46. The number of anilines is 1. The minimum Gasteiger partial charge on any atom is -0.463 e. The van der Waals surface area contributed by atoms with E-state index in [4.69, 9.17) is 10.5 Å². The second-order valence-corrected chi connectivity index (χ2v) is 4.42. The number of ether oxygens (including phenoxy) is 1. The fourth-order valence-corrected chi connectivity index (χ4v) is 2.18. The highest BCUT2D eigenvalue weighted by molar-refractivity contribution is 5.95. The van der Waals surface area contributed by atoms with Crippen molar-refractivity contribution in [2.24, 2.45) is 0 Å². The Morgan fingerprint density at radius 1 is 1.40 bits per heavy atom. The molecule has 4 N–H and O–H groups in total. The average molecular weight is 275 g/mol. The van der Waals surface area contributed by atoms with Crippen LogP contribution >= 0.6 is 0 Å². The smallest absolute Gasteiger partial charge is 0.338 e. The van der Waals surface area contributed by atoms with Crippen LogP contribution in [0, 0.1) is 0 Å². The monoisotopic (exact) mass is 275 g/mol. The molecule has 0 saturated carbocycles. The Balaban J connectivity index is 2.48. The normalized spacial score (nSPS) is 18.3. The summed E-state index contributed by atoms with van der Waals surface area (Å²) in [6.07, 6.45) is 0. The van der Waals surface area contributed by atoms with Crippen LogP contribution in [-0.2, 0) is 9.53 Å². The van der Waals surface area contributed by atoms with Gasteiger partial charge >= 0.3 is 12.0 Å². The van der Waals surface area contributed by atoms with Crippen LogP contribution in [0.25, 0.3) is 0 Å². The molecule has 1 atom stereocenters. The van der Waals surface area contributed by atoms with Gasteiger partial charge in [-0.25, -0.2) is 9.59 Å². The number of hydrogen-bond acceptors (Lipinski definition) is 4. The van der Waals surface area contributed by atoms with Crippen LogP contribution in [0.1, 0.15) is 25.5 Å². The van der Waals surface area contributed by atoms with Crippen molar-refractivity contribution in [3.8, 4) is 0 Å². The molecule has 1 aliphatic rings. The highest BCUT2D eigenvalue weighted by atomic mass is 16.5. The van der Waals surface area contributed by atoms with Gasteiger partial charge in [-0.3, -0.25) is 0 Å². The van der Waals surface area contributed by atoms with E-state index in [-0.39, 0.29) is 12.6 Å². The number of nitrogens with two attached hydrogens (primary N) is 1. The quantitative estimate of drug-likeness (QED) is 0.575. The molecule has 106 valence electrons. The molecule has 0 aliphatic carbocycles. The van der Waals surface area contributed by atoms with Crippen LogP contribution in [0.2, 0.25) is 0 Å². The zero-order valence-corrected chi connectivity index (χ0v) is 11.4. The summed E-state index contributed by atoms with van der Waals surface area (Å²) < 4.78 is 5.05. The summed E-state index contributed by atoms with van der Waals surface area (Å²) >= 11 is 0. The molecular weight excluding hydrogens is 258 g/mol. The van der Waals surface area contributed by atoms with E-state index >= 15 is 0 Å². The molecule has 0 fully saturated rings. The molecule has 2 amide bonds. The second-order valence-electron chi connectivity index (χ2n) is 4.42. The lowest BCUT2D eigenvalue weighted by molar-refractivity contribution is -0.139. The van der Waals surface area contributed by atoms with Gasteiger partial charge in [0.15, 0.2) is 0 Å². The van der Waals surface area contributed by atoms with E-state index in [9.17, 15) is 9.59 Å². The van der Waals surface area contributed by atoms with Gasteiger partial charge in [0.05, 0.1) is 18.2 Å². The number of para-hydroxylation sites is 1. The molecule has 0 radical (unpaired) electrons. The Morgan fingerprint density at radius 2 is 2.10 bits per heavy atom. The van der Waals surface area contributed by atoms with E-state index in [1.165, 1.54) is 0 Å². The first-order valence-corrected chi connectivity index (χ1v) is 6.34. The Hall–Kier alpha value is -2.50. The Morgan fingerprint density at radius 3 is 2.75 bits per heavy atom. The Labute approximate surface area is 117 Å². The molecule has 0 aromatic heterocycles. The molecular formula is C14H17N3O3. The first kappa shape index (κ1) is 13.9. The zero-order valence-electron chi connectivity index (χ0n) is 11.4. The molecule has 0 bridgehead atoms. The number of urea groups is 1. The third-order valence-electron chi connectivity index (χ3n) is 3.07. The van der Waals surface area contributed by atoms with Gasteiger partial charge < -0.3 is 21.1 Å². The number of amides is 2. The van der Waals surface area contributed by atoms with E-state index in [2.05, 4.69) is 10.6 Å². The van der Waals surface area contributed by atoms with E-state index in [0.717, 1.165) is 0 Å². The number of carbonyl (C=O) groups excluding carboxylic acids is 2. The molecule has 2 rings (SSSR count). The molecule has 6 heteroatoms. The topological polar surface area (TPSA) is 93.4 Å². The summed E-state index contributed by atoms with van der Waals surface area (Å²) in [7, 11) is 0. The van der Waals surface area contributed by atoms with Crippen molar-refractivity contribution in [2.75, 3.05) is 12.3 Å². The maximum Gasteiger partial charge on any atom is 0.338 e. The maximum absolute atomic E-state index is 12.1. The van der Waals surface area contributed by atoms with Crippen LogP contribution in [-0.4, -0.2) is 18.6 Å². The largest absolute Gasteiger partial charge is 0.463 e. The van der Waals surface area contributed by atoms with Crippen molar-refractivity contribution < 1.29 is 14.3 Å². The van der Waals surface area contributed by atoms with Gasteiger partial charge in [-0.05, 0) is 19.9 Å². The van der Waals surface area contributed by atoms with Gasteiger partial charge in [-0.2, -0.15) is 0 Å². The average Bonchev–Trinajstić information content (AvgIpc) is 2.38. The number of nitrogen functional groups attached to an aromatic ring is 1. The second kappa shape index (κ2) is 5.64. The number of carbonyl (C=O) groups is 2. The maximum atomic E-state index is 12.1.